The van der Waals surface area contributed by atoms with E-state index in [9.17, 15) is 19.2 Å². The summed E-state index contributed by atoms with van der Waals surface area (Å²) in [7, 11) is 0. The molecule has 31 heavy (non-hydrogen) atoms. The van der Waals surface area contributed by atoms with E-state index < -0.39 is 24.0 Å². The minimum Gasteiger partial charge on any atom is -0.459 e. The molecule has 4 bridgehead atoms. The van der Waals surface area contributed by atoms with Crippen molar-refractivity contribution in [3.63, 3.8) is 0 Å². The lowest BCUT2D eigenvalue weighted by Crippen LogP contribution is -2.38. The highest BCUT2D eigenvalue weighted by atomic mass is 32.1. The standard InChI is InChI=1S/C21H23N3O6S/c1-3-12-10-29-20(27)14-6-5-7-15(24-14)21(28)30-11-13(4-2)23-19(26)17-9-8-16(31-17)18(25)22-12/h5-9,12-13H,3-4,10-11H2,1-2H3,(H,22,25)(H,23,26). The minimum atomic E-state index is -0.708. The highest BCUT2D eigenvalue weighted by Crippen LogP contribution is 2.17. The molecule has 0 spiro atoms. The van der Waals surface area contributed by atoms with Gasteiger partial charge in [-0.1, -0.05) is 19.9 Å². The highest BCUT2D eigenvalue weighted by molar-refractivity contribution is 7.15. The molecule has 0 saturated heterocycles. The third kappa shape index (κ3) is 5.66. The molecule has 1 aliphatic rings. The second-order valence-electron chi connectivity index (χ2n) is 6.93. The molecule has 0 aliphatic carbocycles. The van der Waals surface area contributed by atoms with Gasteiger partial charge in [0.15, 0.2) is 0 Å². The lowest BCUT2D eigenvalue weighted by atomic mass is 10.2. The summed E-state index contributed by atoms with van der Waals surface area (Å²) in [6.07, 6.45) is 1.05. The molecule has 0 aromatic carbocycles. The smallest absolute Gasteiger partial charge is 0.357 e. The van der Waals surface area contributed by atoms with Gasteiger partial charge in [-0.25, -0.2) is 14.6 Å². The number of hydrogen-bond donors (Lipinski definition) is 2. The Morgan fingerprint density at radius 2 is 1.29 bits per heavy atom. The summed E-state index contributed by atoms with van der Waals surface area (Å²) < 4.78 is 10.5. The fourth-order valence-corrected chi connectivity index (χ4v) is 3.59. The van der Waals surface area contributed by atoms with E-state index in [1.807, 2.05) is 13.8 Å². The molecular formula is C21H23N3O6S. The topological polar surface area (TPSA) is 124 Å². The normalized spacial score (nSPS) is 20.6. The van der Waals surface area contributed by atoms with Gasteiger partial charge in [0, 0.05) is 0 Å². The van der Waals surface area contributed by atoms with Gasteiger partial charge in [0.1, 0.15) is 24.6 Å². The molecule has 2 unspecified atom stereocenters. The number of pyridine rings is 1. The molecule has 3 heterocycles. The summed E-state index contributed by atoms with van der Waals surface area (Å²) in [6, 6.07) is 6.65. The van der Waals surface area contributed by atoms with Crippen LogP contribution in [0.4, 0.5) is 0 Å². The van der Waals surface area contributed by atoms with Gasteiger partial charge in [0.2, 0.25) is 0 Å². The maximum absolute atomic E-state index is 12.5. The van der Waals surface area contributed by atoms with E-state index >= 15 is 0 Å². The number of hydrogen-bond acceptors (Lipinski definition) is 8. The fraction of sp³-hybridized carbons (Fsp3) is 0.381. The zero-order chi connectivity index (χ0) is 22.4. The van der Waals surface area contributed by atoms with Crippen LogP contribution in [0, 0.1) is 0 Å². The SMILES string of the molecule is CCC1COC(=O)c2cccc(n2)C(=O)OCC(CC)NC(=O)c2ccc(s2)C(=O)N1. The van der Waals surface area contributed by atoms with Gasteiger partial charge in [0.25, 0.3) is 11.8 Å². The molecule has 2 aromatic heterocycles. The molecule has 2 N–H and O–H groups in total. The third-order valence-corrected chi connectivity index (χ3v) is 5.79. The summed E-state index contributed by atoms with van der Waals surface area (Å²) >= 11 is 1.06. The third-order valence-electron chi connectivity index (χ3n) is 4.71. The Kier molecular flexibility index (Phi) is 7.35. The molecule has 0 saturated carbocycles. The number of nitrogens with zero attached hydrogens (tertiary/aromatic N) is 1. The van der Waals surface area contributed by atoms with Crippen molar-refractivity contribution in [2.24, 2.45) is 0 Å². The van der Waals surface area contributed by atoms with Crippen LogP contribution in [-0.4, -0.2) is 54.0 Å². The summed E-state index contributed by atoms with van der Waals surface area (Å²) in [5.74, 6) is -2.12. The van der Waals surface area contributed by atoms with Crippen molar-refractivity contribution in [2.75, 3.05) is 13.2 Å². The van der Waals surface area contributed by atoms with Crippen molar-refractivity contribution in [3.8, 4) is 0 Å². The Morgan fingerprint density at radius 1 is 0.839 bits per heavy atom. The van der Waals surface area contributed by atoms with Crippen LogP contribution in [0.5, 0.6) is 0 Å². The molecule has 2 aromatic rings. The van der Waals surface area contributed by atoms with Gasteiger partial charge in [-0.15, -0.1) is 11.3 Å². The lowest BCUT2D eigenvalue weighted by Gasteiger charge is -2.17. The van der Waals surface area contributed by atoms with Crippen molar-refractivity contribution in [2.45, 2.75) is 38.8 Å². The van der Waals surface area contributed by atoms with E-state index in [2.05, 4.69) is 15.6 Å². The predicted molar refractivity (Wildman–Crippen MR) is 112 cm³/mol. The molecule has 164 valence electrons. The first-order valence-corrected chi connectivity index (χ1v) is 10.8. The number of aromatic nitrogens is 1. The molecule has 2 atom stereocenters. The van der Waals surface area contributed by atoms with Gasteiger partial charge >= 0.3 is 11.9 Å². The fourth-order valence-electron chi connectivity index (χ4n) is 2.78. The quantitative estimate of drug-likeness (QED) is 0.679. The van der Waals surface area contributed by atoms with Crippen molar-refractivity contribution < 1.29 is 28.7 Å². The summed E-state index contributed by atoms with van der Waals surface area (Å²) in [4.78, 5) is 54.6. The van der Waals surface area contributed by atoms with Crippen LogP contribution in [0.1, 0.15) is 67.0 Å². The number of amides is 2. The molecular weight excluding hydrogens is 422 g/mol. The van der Waals surface area contributed by atoms with E-state index in [0.29, 0.717) is 22.6 Å². The Morgan fingerprint density at radius 3 is 1.71 bits per heavy atom. The number of thiophene rings is 1. The molecule has 2 amide bonds. The Labute approximate surface area is 183 Å². The molecule has 0 radical (unpaired) electrons. The first kappa shape index (κ1) is 22.4. The van der Waals surface area contributed by atoms with Crippen molar-refractivity contribution in [1.82, 2.24) is 15.6 Å². The number of carbonyl (C=O) groups is 4. The summed E-state index contributed by atoms with van der Waals surface area (Å²) in [5.41, 5.74) is -0.0834. The van der Waals surface area contributed by atoms with Gasteiger partial charge in [-0.2, -0.15) is 0 Å². The number of carbonyl (C=O) groups excluding carboxylic acids is 4. The second kappa shape index (κ2) is 10.2. The first-order valence-electron chi connectivity index (χ1n) is 9.94. The van der Waals surface area contributed by atoms with Gasteiger partial charge in [-0.05, 0) is 37.1 Å². The van der Waals surface area contributed by atoms with Crippen LogP contribution in [0.2, 0.25) is 0 Å². The zero-order valence-electron chi connectivity index (χ0n) is 17.2. The molecule has 3 rings (SSSR count). The van der Waals surface area contributed by atoms with Crippen molar-refractivity contribution in [1.29, 1.82) is 0 Å². The van der Waals surface area contributed by atoms with E-state index in [1.165, 1.54) is 18.2 Å². The van der Waals surface area contributed by atoms with Crippen LogP contribution >= 0.6 is 11.3 Å². The highest BCUT2D eigenvalue weighted by Gasteiger charge is 2.22. The Hall–Kier alpha value is -3.27. The van der Waals surface area contributed by atoms with Crippen LogP contribution < -0.4 is 10.6 Å². The number of rotatable bonds is 2. The van der Waals surface area contributed by atoms with Gasteiger partial charge < -0.3 is 20.1 Å². The molecule has 0 fully saturated rings. The molecule has 1 aliphatic heterocycles. The number of fused-ring (bicyclic) bond motifs is 4. The van der Waals surface area contributed by atoms with Crippen LogP contribution in [0.25, 0.3) is 0 Å². The van der Waals surface area contributed by atoms with Crippen LogP contribution in [-0.2, 0) is 9.47 Å². The summed E-state index contributed by atoms with van der Waals surface area (Å²) in [5, 5.41) is 5.61. The largest absolute Gasteiger partial charge is 0.459 e. The first-order chi connectivity index (χ1) is 14.9. The number of esters is 2. The zero-order valence-corrected chi connectivity index (χ0v) is 18.0. The average molecular weight is 445 g/mol. The number of ether oxygens (including phenoxy) is 2. The molecule has 9 nitrogen and oxygen atoms in total. The van der Waals surface area contributed by atoms with Crippen LogP contribution in [0.15, 0.2) is 30.3 Å². The number of cyclic esters (lactones) is 2. The van der Waals surface area contributed by atoms with E-state index in [4.69, 9.17) is 9.47 Å². The average Bonchev–Trinajstić information content (AvgIpc) is 3.28. The predicted octanol–water partition coefficient (Wildman–Crippen LogP) is 2.19. The number of nitrogens with one attached hydrogen (secondary N) is 2. The summed E-state index contributed by atoms with van der Waals surface area (Å²) in [6.45, 7) is 3.57. The molecule has 10 heteroatoms. The van der Waals surface area contributed by atoms with E-state index in [-0.39, 0.29) is 36.4 Å². The van der Waals surface area contributed by atoms with Crippen molar-refractivity contribution in [3.05, 3.63) is 51.5 Å². The Bertz CT molecular complexity index is 917. The van der Waals surface area contributed by atoms with E-state index in [0.717, 1.165) is 11.3 Å². The Balaban J connectivity index is 1.87. The maximum Gasteiger partial charge on any atom is 0.357 e. The second-order valence-corrected chi connectivity index (χ2v) is 8.01. The van der Waals surface area contributed by atoms with Gasteiger partial charge in [-0.3, -0.25) is 9.59 Å². The van der Waals surface area contributed by atoms with E-state index in [1.54, 1.807) is 12.1 Å². The van der Waals surface area contributed by atoms with Crippen LogP contribution in [0.3, 0.4) is 0 Å². The monoisotopic (exact) mass is 445 g/mol. The van der Waals surface area contributed by atoms with Crippen molar-refractivity contribution >= 4 is 35.1 Å². The van der Waals surface area contributed by atoms with Gasteiger partial charge in [0.05, 0.1) is 21.8 Å². The minimum absolute atomic E-state index is 0.0417. The maximum atomic E-state index is 12.5. The lowest BCUT2D eigenvalue weighted by molar-refractivity contribution is 0.0436.